The van der Waals surface area contributed by atoms with Crippen molar-refractivity contribution in [2.75, 3.05) is 39.9 Å². The van der Waals surface area contributed by atoms with Gasteiger partial charge in [-0.1, -0.05) is 64.7 Å². The van der Waals surface area contributed by atoms with Crippen LogP contribution in [0.5, 0.6) is 0 Å². The molecule has 0 aromatic rings. The topological polar surface area (TPSA) is 33.3 Å². The maximum absolute atomic E-state index is 4.98. The maximum Gasteiger partial charge on any atom is 0.0587 e. The fourth-order valence-electron chi connectivity index (χ4n) is 2.34. The molecule has 0 fully saturated rings. The Morgan fingerprint density at radius 2 is 1.10 bits per heavy atom. The summed E-state index contributed by atoms with van der Waals surface area (Å²) in [4.78, 5) is 0. The van der Waals surface area contributed by atoms with E-state index in [2.05, 4.69) is 17.6 Å². The van der Waals surface area contributed by atoms with Crippen LogP contribution in [-0.2, 0) is 4.74 Å². The van der Waals surface area contributed by atoms with Gasteiger partial charge < -0.3 is 15.4 Å². The van der Waals surface area contributed by atoms with Crippen LogP contribution >= 0.6 is 0 Å². The minimum Gasteiger partial charge on any atom is -0.383 e. The smallest absolute Gasteiger partial charge is 0.0587 e. The third kappa shape index (κ3) is 17.9. The van der Waals surface area contributed by atoms with Crippen molar-refractivity contribution in [3.8, 4) is 0 Å². The lowest BCUT2D eigenvalue weighted by molar-refractivity contribution is 0.199. The summed E-state index contributed by atoms with van der Waals surface area (Å²) in [5, 5.41) is 6.82. The van der Waals surface area contributed by atoms with Crippen molar-refractivity contribution in [1.82, 2.24) is 10.6 Å². The van der Waals surface area contributed by atoms with Crippen LogP contribution in [0.3, 0.4) is 0 Å². The van der Waals surface area contributed by atoms with E-state index in [9.17, 15) is 0 Å². The van der Waals surface area contributed by atoms with Crippen LogP contribution in [0, 0.1) is 0 Å². The maximum atomic E-state index is 4.98. The number of hydrogen-bond acceptors (Lipinski definition) is 3. The molecule has 0 aliphatic heterocycles. The number of unbranched alkanes of at least 4 members (excludes halogenated alkanes) is 9. The highest BCUT2D eigenvalue weighted by atomic mass is 16.5. The molecule has 122 valence electrons. The summed E-state index contributed by atoms with van der Waals surface area (Å²) in [6.07, 6.45) is 14.1. The first-order valence-corrected chi connectivity index (χ1v) is 8.82. The van der Waals surface area contributed by atoms with E-state index in [-0.39, 0.29) is 0 Å². The minimum absolute atomic E-state index is 0.804. The molecule has 0 bridgehead atoms. The van der Waals surface area contributed by atoms with Crippen LogP contribution in [0.1, 0.15) is 71.1 Å². The molecule has 0 radical (unpaired) electrons. The number of hydrogen-bond donors (Lipinski definition) is 2. The number of rotatable bonds is 17. The Labute approximate surface area is 127 Å². The SMILES string of the molecule is CCCCCCCCCCCCNCCNCCOC. The van der Waals surface area contributed by atoms with Gasteiger partial charge in [0, 0.05) is 26.7 Å². The van der Waals surface area contributed by atoms with Crippen LogP contribution in [0.4, 0.5) is 0 Å². The van der Waals surface area contributed by atoms with Gasteiger partial charge in [-0.2, -0.15) is 0 Å². The van der Waals surface area contributed by atoms with Gasteiger partial charge in [0.05, 0.1) is 6.61 Å². The quantitative estimate of drug-likeness (QED) is 0.400. The van der Waals surface area contributed by atoms with Crippen LogP contribution in [0.25, 0.3) is 0 Å². The van der Waals surface area contributed by atoms with Crippen molar-refractivity contribution < 1.29 is 4.74 Å². The molecule has 0 aromatic carbocycles. The Morgan fingerprint density at radius 1 is 0.600 bits per heavy atom. The van der Waals surface area contributed by atoms with E-state index in [1.165, 1.54) is 70.8 Å². The Bertz CT molecular complexity index is 147. The van der Waals surface area contributed by atoms with Crippen LogP contribution in [0.2, 0.25) is 0 Å². The van der Waals surface area contributed by atoms with E-state index in [4.69, 9.17) is 4.74 Å². The molecule has 0 aromatic heterocycles. The standard InChI is InChI=1S/C17H38N2O/c1-3-4-5-6-7-8-9-10-11-12-13-18-14-15-19-16-17-20-2/h18-19H,3-17H2,1-2H3. The Kier molecular flexibility index (Phi) is 18.8. The predicted molar refractivity (Wildman–Crippen MR) is 89.5 cm³/mol. The van der Waals surface area contributed by atoms with Gasteiger partial charge >= 0.3 is 0 Å². The molecule has 0 saturated carbocycles. The van der Waals surface area contributed by atoms with Crippen LogP contribution < -0.4 is 10.6 Å². The molecule has 0 atom stereocenters. The van der Waals surface area contributed by atoms with Crippen molar-refractivity contribution in [3.63, 3.8) is 0 Å². The minimum atomic E-state index is 0.804. The second-order valence-electron chi connectivity index (χ2n) is 5.67. The highest BCUT2D eigenvalue weighted by Crippen LogP contribution is 2.10. The Balaban J connectivity index is 2.89. The summed E-state index contributed by atoms with van der Waals surface area (Å²) in [5.74, 6) is 0. The summed E-state index contributed by atoms with van der Waals surface area (Å²) in [5.41, 5.74) is 0. The Hall–Kier alpha value is -0.120. The summed E-state index contributed by atoms with van der Waals surface area (Å²) in [6, 6.07) is 0. The highest BCUT2D eigenvalue weighted by molar-refractivity contribution is 4.53. The lowest BCUT2D eigenvalue weighted by atomic mass is 10.1. The van der Waals surface area contributed by atoms with Crippen molar-refractivity contribution >= 4 is 0 Å². The van der Waals surface area contributed by atoms with E-state index in [1.54, 1.807) is 7.11 Å². The second kappa shape index (κ2) is 18.9. The van der Waals surface area contributed by atoms with Crippen molar-refractivity contribution in [2.24, 2.45) is 0 Å². The molecular formula is C17H38N2O. The van der Waals surface area contributed by atoms with Gasteiger partial charge in [0.2, 0.25) is 0 Å². The van der Waals surface area contributed by atoms with E-state index in [1.807, 2.05) is 0 Å². The van der Waals surface area contributed by atoms with Crippen molar-refractivity contribution in [1.29, 1.82) is 0 Å². The Morgan fingerprint density at radius 3 is 1.65 bits per heavy atom. The van der Waals surface area contributed by atoms with Gasteiger partial charge in [0.15, 0.2) is 0 Å². The molecule has 0 aliphatic carbocycles. The molecule has 0 amide bonds. The third-order valence-corrected chi connectivity index (χ3v) is 3.67. The van der Waals surface area contributed by atoms with E-state index in [0.29, 0.717) is 0 Å². The van der Waals surface area contributed by atoms with Crippen LogP contribution in [-0.4, -0.2) is 39.9 Å². The molecule has 20 heavy (non-hydrogen) atoms. The predicted octanol–water partition coefficient (Wildman–Crippen LogP) is 3.73. The number of methoxy groups -OCH3 is 1. The first-order chi connectivity index (χ1) is 9.91. The average molecular weight is 287 g/mol. The van der Waals surface area contributed by atoms with Gasteiger partial charge in [-0.3, -0.25) is 0 Å². The summed E-state index contributed by atoms with van der Waals surface area (Å²) >= 11 is 0. The van der Waals surface area contributed by atoms with Gasteiger partial charge in [-0.05, 0) is 13.0 Å². The van der Waals surface area contributed by atoms with Crippen LogP contribution in [0.15, 0.2) is 0 Å². The molecular weight excluding hydrogens is 248 g/mol. The van der Waals surface area contributed by atoms with E-state index < -0.39 is 0 Å². The molecule has 3 nitrogen and oxygen atoms in total. The third-order valence-electron chi connectivity index (χ3n) is 3.67. The largest absolute Gasteiger partial charge is 0.383 e. The van der Waals surface area contributed by atoms with Gasteiger partial charge in [0.25, 0.3) is 0 Å². The molecule has 3 heteroatoms. The average Bonchev–Trinajstić information content (AvgIpc) is 2.47. The molecule has 0 rings (SSSR count). The molecule has 0 unspecified atom stereocenters. The van der Waals surface area contributed by atoms with E-state index >= 15 is 0 Å². The summed E-state index contributed by atoms with van der Waals surface area (Å²) < 4.78 is 4.98. The van der Waals surface area contributed by atoms with Gasteiger partial charge in [0.1, 0.15) is 0 Å². The normalized spacial score (nSPS) is 11.1. The highest BCUT2D eigenvalue weighted by Gasteiger charge is 1.93. The summed E-state index contributed by atoms with van der Waals surface area (Å²) in [6.45, 7) is 7.32. The summed E-state index contributed by atoms with van der Waals surface area (Å²) in [7, 11) is 1.74. The zero-order chi connectivity index (χ0) is 14.7. The molecule has 0 heterocycles. The first-order valence-electron chi connectivity index (χ1n) is 8.82. The molecule has 0 spiro atoms. The number of ether oxygens (including phenoxy) is 1. The zero-order valence-electron chi connectivity index (χ0n) is 14.0. The number of nitrogens with one attached hydrogen (secondary N) is 2. The lowest BCUT2D eigenvalue weighted by Gasteiger charge is -2.06. The zero-order valence-corrected chi connectivity index (χ0v) is 14.0. The van der Waals surface area contributed by atoms with Crippen molar-refractivity contribution in [3.05, 3.63) is 0 Å². The fraction of sp³-hybridized carbons (Fsp3) is 1.00. The lowest BCUT2D eigenvalue weighted by Crippen LogP contribution is -2.29. The monoisotopic (exact) mass is 286 g/mol. The molecule has 2 N–H and O–H groups in total. The first kappa shape index (κ1) is 19.9. The second-order valence-corrected chi connectivity index (χ2v) is 5.67. The van der Waals surface area contributed by atoms with Gasteiger partial charge in [-0.25, -0.2) is 0 Å². The molecule has 0 aliphatic rings. The van der Waals surface area contributed by atoms with Gasteiger partial charge in [-0.15, -0.1) is 0 Å². The van der Waals surface area contributed by atoms with E-state index in [0.717, 1.165) is 26.2 Å². The van der Waals surface area contributed by atoms with Crippen molar-refractivity contribution in [2.45, 2.75) is 71.1 Å². The molecule has 0 saturated heterocycles. The fourth-order valence-corrected chi connectivity index (χ4v) is 2.34.